The van der Waals surface area contributed by atoms with Gasteiger partial charge in [-0.25, -0.2) is 4.79 Å². The number of piperazine rings is 2. The summed E-state index contributed by atoms with van der Waals surface area (Å²) < 4.78 is 38.2. The molecular formula is C92H112N8O15. The molecular weight excluding hydrogens is 1460 g/mol. The molecule has 2 saturated heterocycles. The Morgan fingerprint density at radius 2 is 0.887 bits per heavy atom. The van der Waals surface area contributed by atoms with E-state index in [-0.39, 0.29) is 73.2 Å². The molecule has 2 aliphatic heterocycles. The van der Waals surface area contributed by atoms with Crippen molar-refractivity contribution in [3.05, 3.63) is 258 Å². The number of carboxylic acid groups (broad SMARTS) is 1. The van der Waals surface area contributed by atoms with Crippen LogP contribution in [0.2, 0.25) is 0 Å². The third kappa shape index (κ3) is 26.7. The maximum Gasteiger partial charge on any atom is 0.335 e. The average Bonchev–Trinajstić information content (AvgIpc) is 0.794. The number of amides is 3. The second-order valence-corrected chi connectivity index (χ2v) is 28.8. The van der Waals surface area contributed by atoms with E-state index in [0.29, 0.717) is 78.5 Å². The molecule has 23 heteroatoms. The van der Waals surface area contributed by atoms with E-state index < -0.39 is 24.2 Å². The number of carbonyl (C=O) groups excluding carboxylic acids is 3. The van der Waals surface area contributed by atoms with Crippen molar-refractivity contribution in [3.8, 4) is 40.2 Å². The van der Waals surface area contributed by atoms with Crippen LogP contribution in [0.4, 0.5) is 0 Å². The Hall–Kier alpha value is -11.2. The molecule has 12 rings (SSSR count). The highest BCUT2D eigenvalue weighted by atomic mass is 16.5. The number of aliphatic hydroxyl groups excluding tert-OH is 2. The van der Waals surface area contributed by atoms with E-state index in [9.17, 15) is 29.4 Å². The van der Waals surface area contributed by atoms with Gasteiger partial charge in [0.1, 0.15) is 43.0 Å². The number of hydrogen-bond donors (Lipinski definition) is 6. The fraction of sp³-hybridized carbons (Fsp3) is 0.370. The van der Waals surface area contributed by atoms with Gasteiger partial charge in [-0.15, -0.1) is 0 Å². The average molecular weight is 1570 g/mol. The van der Waals surface area contributed by atoms with E-state index in [1.54, 1.807) is 43.6 Å². The molecule has 8 N–H and O–H groups in total. The summed E-state index contributed by atoms with van der Waals surface area (Å²) in [4.78, 5) is 67.7. The number of aromatic carboxylic acids is 1. The zero-order valence-corrected chi connectivity index (χ0v) is 66.9. The van der Waals surface area contributed by atoms with E-state index in [1.807, 2.05) is 96.8 Å². The summed E-state index contributed by atoms with van der Waals surface area (Å²) in [6.45, 7) is 5.93. The molecule has 8 aromatic carbocycles. The first kappa shape index (κ1) is 87.8. The van der Waals surface area contributed by atoms with Crippen molar-refractivity contribution in [1.82, 2.24) is 40.6 Å². The van der Waals surface area contributed by atoms with Crippen LogP contribution in [-0.4, -0.2) is 207 Å². The normalized spacial score (nSPS) is 14.7. The highest BCUT2D eigenvalue weighted by Gasteiger charge is 2.38. The number of carbonyl (C=O) groups is 4. The Morgan fingerprint density at radius 3 is 1.31 bits per heavy atom. The predicted octanol–water partition coefficient (Wildman–Crippen LogP) is 12.0. The van der Waals surface area contributed by atoms with Gasteiger partial charge in [-0.3, -0.25) is 34.2 Å². The smallest absolute Gasteiger partial charge is 0.335 e. The number of aromatic nitrogens is 2. The minimum Gasteiger partial charge on any atom is -0.493 e. The molecule has 10 aromatic rings. The topological polar surface area (TPSA) is 297 Å². The summed E-state index contributed by atoms with van der Waals surface area (Å²) in [5, 5.41) is 42.8. The Bertz CT molecular complexity index is 4500. The highest BCUT2D eigenvalue weighted by Crippen LogP contribution is 2.39. The number of β-amino-alcohol motifs (C(OH)–C–C–N with tert-alkyl or cyclic N) is 2. The van der Waals surface area contributed by atoms with Gasteiger partial charge in [0.25, 0.3) is 5.91 Å². The standard InChI is InChI=1S/C46H54N4O6.C36H44N4O3.C10H12O5.H2O/c1-33-28-36(29-43(54-2)44(33)55-3)46(53)50-27-26-49(30-38(51)32-56-42-24-12-23-40-39(42)22-13-25-47-40)31-41(50)45(52)48-37(20-10-18-34-14-6-4-7-15-34)21-11-19-35-16-8-5-9-17-35;41-31(27-43-35-21-9-20-33-32(35)19-10-22-37-33)25-40-24-23-38-34(26-40)36(42)39-30(17-7-15-28-11-3-1-4-12-28)18-8-16-29-13-5-2-6-14-29;1-13-7-4-6(10(11)12)5-8(14-2)9(7)15-3;/h4-9,12-17,22-25,28-29,37-38,41,51H,10-11,18-21,26-27,30-32H2,1-3H3,(H,48,52);1-6,9-14,19-22,30-31,34,38,41H,7-8,15-18,23-27H2,(H,39,42);4-5H,1-3H3,(H,11,12);1H2/t38-,41?;31-,34?;;/m11../s1. The lowest BCUT2D eigenvalue weighted by Crippen LogP contribution is -2.62. The summed E-state index contributed by atoms with van der Waals surface area (Å²) in [5.41, 5.74) is 8.16. The van der Waals surface area contributed by atoms with Crippen molar-refractivity contribution >= 4 is 45.5 Å². The lowest BCUT2D eigenvalue weighted by molar-refractivity contribution is -0.129. The molecule has 4 heterocycles. The number of aryl methyl sites for hydroxylation is 5. The first-order chi connectivity index (χ1) is 55.6. The number of benzene rings is 8. The van der Waals surface area contributed by atoms with E-state index in [4.69, 9.17) is 38.3 Å². The van der Waals surface area contributed by atoms with Gasteiger partial charge >= 0.3 is 5.97 Å². The molecule has 4 atom stereocenters. The SMILES string of the molecule is COc1cc(C(=O)N2CCN(C[C@@H](O)COc3cccc4ncccc34)CC2C(=O)NC(CCCc2ccccc2)CCCc2ccccc2)cc(C)c1OC.COc1cc(C(=O)O)cc(OC)c1OC.O.O=C(NC(CCCc1ccccc1)CCCc1ccccc1)C1CN(C[C@@H](O)COc2cccc3ncccc23)CCN1. The molecule has 2 fully saturated rings. The zero-order valence-electron chi connectivity index (χ0n) is 66.9. The van der Waals surface area contributed by atoms with Gasteiger partial charge < -0.3 is 74.8 Å². The van der Waals surface area contributed by atoms with Gasteiger partial charge in [0.15, 0.2) is 23.0 Å². The van der Waals surface area contributed by atoms with Crippen molar-refractivity contribution in [2.75, 3.05) is 101 Å². The van der Waals surface area contributed by atoms with Crippen LogP contribution in [0.25, 0.3) is 21.8 Å². The van der Waals surface area contributed by atoms with Gasteiger partial charge in [0, 0.05) is 93.2 Å². The number of fused-ring (bicyclic) bond motifs is 2. The minimum absolute atomic E-state index is 0. The maximum atomic E-state index is 14.5. The molecule has 2 aromatic heterocycles. The van der Waals surface area contributed by atoms with Crippen LogP contribution >= 0.6 is 0 Å². The zero-order chi connectivity index (χ0) is 80.4. The second-order valence-electron chi connectivity index (χ2n) is 28.8. The van der Waals surface area contributed by atoms with Gasteiger partial charge in [-0.1, -0.05) is 133 Å². The van der Waals surface area contributed by atoms with E-state index in [1.165, 1.54) is 55.7 Å². The number of hydrogen-bond acceptors (Lipinski definition) is 18. The van der Waals surface area contributed by atoms with Crippen molar-refractivity contribution in [3.63, 3.8) is 0 Å². The van der Waals surface area contributed by atoms with Gasteiger partial charge in [-0.2, -0.15) is 0 Å². The third-order valence-electron chi connectivity index (χ3n) is 20.6. The molecule has 2 unspecified atom stereocenters. The van der Waals surface area contributed by atoms with E-state index >= 15 is 0 Å². The molecule has 0 spiro atoms. The summed E-state index contributed by atoms with van der Waals surface area (Å²) in [7, 11) is 7.44. The van der Waals surface area contributed by atoms with E-state index in [2.05, 4.69) is 128 Å². The second kappa shape index (κ2) is 46.2. The number of nitrogens with one attached hydrogen (secondary N) is 3. The van der Waals surface area contributed by atoms with Crippen LogP contribution in [0.1, 0.15) is 99.9 Å². The quantitative estimate of drug-likeness (QED) is 0.0211. The molecule has 3 amide bonds. The molecule has 0 aliphatic carbocycles. The number of rotatable bonds is 37. The molecule has 610 valence electrons. The Kier molecular flexibility index (Phi) is 35.3. The third-order valence-corrected chi connectivity index (χ3v) is 20.6. The summed E-state index contributed by atoms with van der Waals surface area (Å²) in [6, 6.07) is 66.2. The van der Waals surface area contributed by atoms with Crippen LogP contribution in [0.3, 0.4) is 0 Å². The van der Waals surface area contributed by atoms with Gasteiger partial charge in [0.05, 0.1) is 58.2 Å². The number of pyridine rings is 2. The summed E-state index contributed by atoms with van der Waals surface area (Å²) in [6.07, 6.45) is 13.3. The highest BCUT2D eigenvalue weighted by molar-refractivity contribution is 5.99. The molecule has 0 bridgehead atoms. The number of carboxylic acids is 1. The number of nitrogens with zero attached hydrogens (tertiary/aromatic N) is 5. The molecule has 115 heavy (non-hydrogen) atoms. The largest absolute Gasteiger partial charge is 0.493 e. The van der Waals surface area contributed by atoms with Gasteiger partial charge in [0.2, 0.25) is 17.6 Å². The Labute approximate surface area is 675 Å². The van der Waals surface area contributed by atoms with Crippen molar-refractivity contribution < 1.29 is 73.1 Å². The minimum atomic E-state index is -1.05. The summed E-state index contributed by atoms with van der Waals surface area (Å²) >= 11 is 0. The van der Waals surface area contributed by atoms with Crippen LogP contribution in [0.5, 0.6) is 40.2 Å². The number of methoxy groups -OCH3 is 5. The summed E-state index contributed by atoms with van der Waals surface area (Å²) in [5.74, 6) is 1.97. The fourth-order valence-electron chi connectivity index (χ4n) is 14.7. The lowest BCUT2D eigenvalue weighted by atomic mass is 9.98. The first-order valence-corrected chi connectivity index (χ1v) is 39.4. The molecule has 0 radical (unpaired) electrons. The fourth-order valence-corrected chi connectivity index (χ4v) is 14.7. The molecule has 0 saturated carbocycles. The van der Waals surface area contributed by atoms with Crippen molar-refractivity contribution in [2.45, 2.75) is 120 Å². The predicted molar refractivity (Wildman–Crippen MR) is 448 cm³/mol. The van der Waals surface area contributed by atoms with E-state index in [0.717, 1.165) is 111 Å². The first-order valence-electron chi connectivity index (χ1n) is 39.4. The van der Waals surface area contributed by atoms with Crippen LogP contribution in [0, 0.1) is 6.92 Å². The van der Waals surface area contributed by atoms with Crippen LogP contribution in [0.15, 0.2) is 219 Å². The number of ether oxygens (including phenoxy) is 7. The van der Waals surface area contributed by atoms with Crippen molar-refractivity contribution in [1.29, 1.82) is 0 Å². The monoisotopic (exact) mass is 1570 g/mol. The molecule has 23 nitrogen and oxygen atoms in total. The Balaban J connectivity index is 0.000000226. The van der Waals surface area contributed by atoms with Crippen molar-refractivity contribution in [2.24, 2.45) is 0 Å². The lowest BCUT2D eigenvalue weighted by Gasteiger charge is -2.41. The van der Waals surface area contributed by atoms with Crippen LogP contribution in [-0.2, 0) is 35.3 Å². The number of aliphatic hydroxyl groups is 2. The Morgan fingerprint density at radius 1 is 0.470 bits per heavy atom. The molecule has 2 aliphatic rings. The van der Waals surface area contributed by atoms with Crippen LogP contribution < -0.4 is 49.1 Å². The van der Waals surface area contributed by atoms with Gasteiger partial charge in [-0.05, 0) is 185 Å². The maximum absolute atomic E-state index is 14.5.